The molecule has 2 aromatic rings. The molecule has 1 heterocycles. The largest absolute Gasteiger partial charge is 0.494 e. The van der Waals surface area contributed by atoms with Gasteiger partial charge in [0.05, 0.1) is 16.8 Å². The Kier molecular flexibility index (Phi) is 3.72. The number of nitrogens with two attached hydrogens (primary N) is 1. The summed E-state index contributed by atoms with van der Waals surface area (Å²) in [5.41, 5.74) is 3.26. The Labute approximate surface area is 108 Å². The molecule has 2 rings (SSSR count). The van der Waals surface area contributed by atoms with Crippen LogP contribution in [0.5, 0.6) is 5.75 Å². The lowest BCUT2D eigenvalue weighted by Crippen LogP contribution is -2.33. The molecule has 0 fully saturated rings. The van der Waals surface area contributed by atoms with E-state index in [0.717, 1.165) is 16.0 Å². The fraction of sp³-hybridized carbons (Fsp3) is 0.200. The van der Waals surface area contributed by atoms with Crippen LogP contribution in [0.1, 0.15) is 6.92 Å². The number of fused-ring (bicyclic) bond motifs is 1. The predicted molar refractivity (Wildman–Crippen MR) is 74.3 cm³/mol. The van der Waals surface area contributed by atoms with Crippen molar-refractivity contribution in [3.05, 3.63) is 18.2 Å². The summed E-state index contributed by atoms with van der Waals surface area (Å²) in [6, 6.07) is 5.77. The molecule has 1 aromatic heterocycles. The Morgan fingerprint density at radius 2 is 2.41 bits per heavy atom. The minimum atomic E-state index is 0.342. The number of nitrogens with zero attached hydrogens (tertiary/aromatic N) is 1. The van der Waals surface area contributed by atoms with Gasteiger partial charge in [-0.2, -0.15) is 0 Å². The third-order valence-corrected chi connectivity index (χ3v) is 3.18. The second-order valence-corrected chi connectivity index (χ2v) is 4.62. The van der Waals surface area contributed by atoms with Gasteiger partial charge in [0.15, 0.2) is 10.2 Å². The van der Waals surface area contributed by atoms with E-state index in [1.807, 2.05) is 25.1 Å². The Morgan fingerprint density at radius 1 is 1.59 bits per heavy atom. The molecule has 4 N–H and O–H groups in total. The summed E-state index contributed by atoms with van der Waals surface area (Å²) < 4.78 is 6.47. The van der Waals surface area contributed by atoms with Gasteiger partial charge in [0.25, 0.3) is 0 Å². The van der Waals surface area contributed by atoms with E-state index >= 15 is 0 Å². The van der Waals surface area contributed by atoms with E-state index < -0.39 is 0 Å². The van der Waals surface area contributed by atoms with Gasteiger partial charge >= 0.3 is 0 Å². The molecule has 0 unspecified atom stereocenters. The highest BCUT2D eigenvalue weighted by Crippen LogP contribution is 2.29. The van der Waals surface area contributed by atoms with Crippen LogP contribution in [0, 0.1) is 0 Å². The second-order valence-electron chi connectivity index (χ2n) is 3.18. The van der Waals surface area contributed by atoms with Crippen LogP contribution in [0.15, 0.2) is 18.2 Å². The molecule has 0 radical (unpaired) electrons. The molecule has 0 bridgehead atoms. The molecule has 0 saturated heterocycles. The first kappa shape index (κ1) is 12.0. The van der Waals surface area contributed by atoms with E-state index in [4.69, 9.17) is 22.8 Å². The first-order valence-electron chi connectivity index (χ1n) is 5.04. The molecule has 0 spiro atoms. The zero-order valence-corrected chi connectivity index (χ0v) is 10.8. The summed E-state index contributed by atoms with van der Waals surface area (Å²) >= 11 is 6.40. The van der Waals surface area contributed by atoms with Crippen molar-refractivity contribution in [2.45, 2.75) is 6.92 Å². The molecule has 7 heteroatoms. The Hall–Kier alpha value is -1.44. The van der Waals surface area contributed by atoms with E-state index in [9.17, 15) is 0 Å². The Morgan fingerprint density at radius 3 is 3.12 bits per heavy atom. The molecule has 0 aliphatic carbocycles. The maximum absolute atomic E-state index is 5.43. The molecule has 5 nitrogen and oxygen atoms in total. The molecule has 0 atom stereocenters. The maximum atomic E-state index is 5.43. The number of nitrogens with one attached hydrogen (secondary N) is 2. The smallest absolute Gasteiger partial charge is 0.190 e. The van der Waals surface area contributed by atoms with Crippen molar-refractivity contribution in [1.82, 2.24) is 10.4 Å². The quantitative estimate of drug-likeness (QED) is 0.448. The van der Waals surface area contributed by atoms with Crippen LogP contribution in [0.3, 0.4) is 0 Å². The minimum Gasteiger partial charge on any atom is -0.494 e. The highest BCUT2D eigenvalue weighted by molar-refractivity contribution is 7.80. The summed E-state index contributed by atoms with van der Waals surface area (Å²) in [7, 11) is 0. The van der Waals surface area contributed by atoms with E-state index in [1.54, 1.807) is 0 Å². The number of hydrogen-bond donors (Lipinski definition) is 3. The average Bonchev–Trinajstić information content (AvgIpc) is 2.70. The number of aromatic nitrogens is 1. The second kappa shape index (κ2) is 5.26. The third kappa shape index (κ3) is 2.82. The molecule has 17 heavy (non-hydrogen) atoms. The van der Waals surface area contributed by atoms with Crippen LogP contribution in [-0.2, 0) is 0 Å². The fourth-order valence-corrected chi connectivity index (χ4v) is 2.41. The van der Waals surface area contributed by atoms with Gasteiger partial charge in [-0.05, 0) is 37.3 Å². The van der Waals surface area contributed by atoms with Crippen LogP contribution in [0.4, 0.5) is 5.13 Å². The van der Waals surface area contributed by atoms with E-state index in [2.05, 4.69) is 15.7 Å². The first-order chi connectivity index (χ1) is 8.22. The third-order valence-electron chi connectivity index (χ3n) is 2.02. The van der Waals surface area contributed by atoms with E-state index in [0.29, 0.717) is 16.9 Å². The summed E-state index contributed by atoms with van der Waals surface area (Å²) in [6.07, 6.45) is 0. The van der Waals surface area contributed by atoms with Crippen LogP contribution < -0.4 is 21.3 Å². The Balaban J connectivity index is 2.27. The van der Waals surface area contributed by atoms with Crippen LogP contribution in [0.25, 0.3) is 10.2 Å². The van der Waals surface area contributed by atoms with E-state index in [-0.39, 0.29) is 0 Å². The lowest BCUT2D eigenvalue weighted by Gasteiger charge is -2.00. The maximum Gasteiger partial charge on any atom is 0.190 e. The standard InChI is InChI=1S/C10H12N4OS2/c1-2-15-6-3-4-7-8(5-6)17-10(12-7)13-9(16)14-11/h3-5H,2,11H2,1H3,(H2,12,13,14,16). The number of anilines is 1. The van der Waals surface area contributed by atoms with Gasteiger partial charge in [-0.1, -0.05) is 11.3 Å². The van der Waals surface area contributed by atoms with Crippen molar-refractivity contribution in [2.75, 3.05) is 11.9 Å². The number of rotatable bonds is 3. The van der Waals surface area contributed by atoms with Crippen molar-refractivity contribution in [1.29, 1.82) is 0 Å². The minimum absolute atomic E-state index is 0.342. The number of ether oxygens (including phenoxy) is 1. The fourth-order valence-electron chi connectivity index (χ4n) is 1.35. The Bertz CT molecular complexity index is 540. The zero-order chi connectivity index (χ0) is 12.3. The van der Waals surface area contributed by atoms with Crippen LogP contribution >= 0.6 is 23.6 Å². The topological polar surface area (TPSA) is 72.2 Å². The number of thiocarbonyl (C=S) groups is 1. The van der Waals surface area contributed by atoms with Crippen molar-refractivity contribution >= 4 is 44.0 Å². The monoisotopic (exact) mass is 268 g/mol. The van der Waals surface area contributed by atoms with Crippen LogP contribution in [-0.4, -0.2) is 16.7 Å². The SMILES string of the molecule is CCOc1ccc2nc(NC(=S)NN)sc2c1. The number of hydrogen-bond acceptors (Lipinski definition) is 5. The van der Waals surface area contributed by atoms with E-state index in [1.165, 1.54) is 11.3 Å². The summed E-state index contributed by atoms with van der Waals surface area (Å²) in [4.78, 5) is 4.37. The molecule has 0 amide bonds. The molecule has 0 aliphatic heterocycles. The molecular weight excluding hydrogens is 256 g/mol. The zero-order valence-electron chi connectivity index (χ0n) is 9.19. The highest BCUT2D eigenvalue weighted by atomic mass is 32.1. The number of hydrazine groups is 1. The highest BCUT2D eigenvalue weighted by Gasteiger charge is 2.05. The molecule has 1 aromatic carbocycles. The van der Waals surface area contributed by atoms with Crippen LogP contribution in [0.2, 0.25) is 0 Å². The van der Waals surface area contributed by atoms with Gasteiger partial charge in [-0.15, -0.1) is 0 Å². The van der Waals surface area contributed by atoms with Gasteiger partial charge in [0, 0.05) is 0 Å². The molecule has 90 valence electrons. The van der Waals surface area contributed by atoms with Gasteiger partial charge in [0.2, 0.25) is 0 Å². The molecular formula is C10H12N4OS2. The molecule has 0 aliphatic rings. The lowest BCUT2D eigenvalue weighted by molar-refractivity contribution is 0.341. The summed E-state index contributed by atoms with van der Waals surface area (Å²) in [6.45, 7) is 2.60. The number of benzene rings is 1. The molecule has 0 saturated carbocycles. The van der Waals surface area contributed by atoms with Gasteiger partial charge in [-0.25, -0.2) is 10.8 Å². The first-order valence-corrected chi connectivity index (χ1v) is 6.26. The number of thiazole rings is 1. The summed E-state index contributed by atoms with van der Waals surface area (Å²) in [5.74, 6) is 6.02. The van der Waals surface area contributed by atoms with Gasteiger partial charge in [0.1, 0.15) is 5.75 Å². The van der Waals surface area contributed by atoms with Crippen molar-refractivity contribution in [3.63, 3.8) is 0 Å². The normalized spacial score (nSPS) is 10.2. The predicted octanol–water partition coefficient (Wildman–Crippen LogP) is 1.86. The van der Waals surface area contributed by atoms with Gasteiger partial charge < -0.3 is 15.5 Å². The summed E-state index contributed by atoms with van der Waals surface area (Å²) in [5, 5.41) is 3.94. The van der Waals surface area contributed by atoms with Crippen molar-refractivity contribution in [3.8, 4) is 5.75 Å². The van der Waals surface area contributed by atoms with Gasteiger partial charge in [-0.3, -0.25) is 0 Å². The average molecular weight is 268 g/mol. The van der Waals surface area contributed by atoms with Crippen molar-refractivity contribution in [2.24, 2.45) is 5.84 Å². The van der Waals surface area contributed by atoms with Crippen molar-refractivity contribution < 1.29 is 4.74 Å². The lowest BCUT2D eigenvalue weighted by atomic mass is 10.3.